The van der Waals surface area contributed by atoms with Crippen LogP contribution >= 0.6 is 0 Å². The lowest BCUT2D eigenvalue weighted by Crippen LogP contribution is -2.20. The van der Waals surface area contributed by atoms with Crippen molar-refractivity contribution in [3.8, 4) is 0 Å². The molecule has 1 aromatic rings. The van der Waals surface area contributed by atoms with Crippen LogP contribution < -0.4 is 5.32 Å². The van der Waals surface area contributed by atoms with Gasteiger partial charge in [0.25, 0.3) is 0 Å². The third-order valence-electron chi connectivity index (χ3n) is 2.21. The number of carboxylic acid groups (broad SMARTS) is 1. The van der Waals surface area contributed by atoms with E-state index in [9.17, 15) is 4.79 Å². The van der Waals surface area contributed by atoms with Crippen LogP contribution in [0.15, 0.2) is 18.2 Å². The van der Waals surface area contributed by atoms with E-state index in [-0.39, 0.29) is 5.41 Å². The van der Waals surface area contributed by atoms with E-state index in [0.717, 1.165) is 12.1 Å². The first kappa shape index (κ1) is 12.6. The van der Waals surface area contributed by atoms with Gasteiger partial charge in [-0.25, -0.2) is 4.79 Å². The van der Waals surface area contributed by atoms with Gasteiger partial charge in [0, 0.05) is 12.2 Å². The van der Waals surface area contributed by atoms with Crippen LogP contribution in [-0.2, 0) is 0 Å². The topological polar surface area (TPSA) is 49.3 Å². The van der Waals surface area contributed by atoms with Crippen LogP contribution in [0.1, 0.15) is 36.7 Å². The molecule has 16 heavy (non-hydrogen) atoms. The molecule has 0 radical (unpaired) electrons. The Morgan fingerprint density at radius 1 is 1.38 bits per heavy atom. The predicted molar refractivity (Wildman–Crippen MR) is 66.1 cm³/mol. The lowest BCUT2D eigenvalue weighted by Gasteiger charge is -2.20. The zero-order chi connectivity index (χ0) is 12.3. The van der Waals surface area contributed by atoms with Gasteiger partial charge in [0.1, 0.15) is 0 Å². The van der Waals surface area contributed by atoms with Crippen LogP contribution in [0, 0.1) is 12.3 Å². The SMILES string of the molecule is Cc1ccc(NCC(C)(C)C)c(C(=O)O)c1. The van der Waals surface area contributed by atoms with Gasteiger partial charge in [0.2, 0.25) is 0 Å². The Morgan fingerprint density at radius 2 is 2.00 bits per heavy atom. The van der Waals surface area contributed by atoms with Crippen LogP contribution in [0.2, 0.25) is 0 Å². The standard InChI is InChI=1S/C13H19NO2/c1-9-5-6-11(10(7-9)12(15)16)14-8-13(2,3)4/h5-7,14H,8H2,1-4H3,(H,15,16). The minimum absolute atomic E-state index is 0.126. The molecule has 0 saturated heterocycles. The summed E-state index contributed by atoms with van der Waals surface area (Å²) in [7, 11) is 0. The predicted octanol–water partition coefficient (Wildman–Crippen LogP) is 3.15. The number of rotatable bonds is 3. The van der Waals surface area contributed by atoms with E-state index >= 15 is 0 Å². The van der Waals surface area contributed by atoms with Gasteiger partial charge in [-0.2, -0.15) is 0 Å². The number of aromatic carboxylic acids is 1. The maximum atomic E-state index is 11.1. The lowest BCUT2D eigenvalue weighted by molar-refractivity contribution is 0.0697. The molecule has 0 saturated carbocycles. The largest absolute Gasteiger partial charge is 0.478 e. The molecule has 0 bridgehead atoms. The number of hydrogen-bond acceptors (Lipinski definition) is 2. The van der Waals surface area contributed by atoms with Crippen LogP contribution in [0.25, 0.3) is 0 Å². The molecule has 2 N–H and O–H groups in total. The molecule has 3 heteroatoms. The van der Waals surface area contributed by atoms with Crippen LogP contribution in [0.4, 0.5) is 5.69 Å². The first-order chi connectivity index (χ1) is 7.29. The van der Waals surface area contributed by atoms with E-state index in [2.05, 4.69) is 26.1 Å². The molecule has 0 aliphatic rings. The monoisotopic (exact) mass is 221 g/mol. The first-order valence-corrected chi connectivity index (χ1v) is 5.37. The molecule has 1 rings (SSSR count). The highest BCUT2D eigenvalue weighted by Crippen LogP contribution is 2.20. The second-order valence-electron chi connectivity index (χ2n) is 5.27. The number of nitrogens with one attached hydrogen (secondary N) is 1. The molecule has 0 unspecified atom stereocenters. The molecule has 1 aromatic carbocycles. The number of aryl methyl sites for hydroxylation is 1. The molecule has 0 spiro atoms. The summed E-state index contributed by atoms with van der Waals surface area (Å²) in [5.41, 5.74) is 2.11. The first-order valence-electron chi connectivity index (χ1n) is 5.37. The van der Waals surface area contributed by atoms with Crippen molar-refractivity contribution in [3.63, 3.8) is 0 Å². The normalized spacial score (nSPS) is 11.2. The minimum Gasteiger partial charge on any atom is -0.478 e. The number of carboxylic acids is 1. The van der Waals surface area contributed by atoms with Crippen molar-refractivity contribution in [2.24, 2.45) is 5.41 Å². The van der Waals surface area contributed by atoms with E-state index in [1.54, 1.807) is 6.07 Å². The van der Waals surface area contributed by atoms with E-state index < -0.39 is 5.97 Å². The highest BCUT2D eigenvalue weighted by Gasteiger charge is 2.13. The molecule has 0 atom stereocenters. The zero-order valence-corrected chi connectivity index (χ0v) is 10.3. The van der Waals surface area contributed by atoms with Gasteiger partial charge in [0.05, 0.1) is 5.56 Å². The van der Waals surface area contributed by atoms with Crippen molar-refractivity contribution in [1.29, 1.82) is 0 Å². The molecule has 0 amide bonds. The van der Waals surface area contributed by atoms with Gasteiger partial charge >= 0.3 is 5.97 Å². The summed E-state index contributed by atoms with van der Waals surface area (Å²) >= 11 is 0. The van der Waals surface area contributed by atoms with Crippen molar-refractivity contribution >= 4 is 11.7 Å². The Balaban J connectivity index is 2.91. The minimum atomic E-state index is -0.889. The fourth-order valence-electron chi connectivity index (χ4n) is 1.35. The van der Waals surface area contributed by atoms with Crippen LogP contribution in [-0.4, -0.2) is 17.6 Å². The molecule has 0 aliphatic carbocycles. The Kier molecular flexibility index (Phi) is 3.58. The quantitative estimate of drug-likeness (QED) is 0.824. The average Bonchev–Trinajstić information content (AvgIpc) is 2.14. The maximum Gasteiger partial charge on any atom is 0.337 e. The Hall–Kier alpha value is -1.51. The van der Waals surface area contributed by atoms with Gasteiger partial charge in [-0.1, -0.05) is 32.4 Å². The third kappa shape index (κ3) is 3.57. The van der Waals surface area contributed by atoms with E-state index in [0.29, 0.717) is 11.3 Å². The van der Waals surface area contributed by atoms with Crippen molar-refractivity contribution in [1.82, 2.24) is 0 Å². The van der Waals surface area contributed by atoms with Crippen molar-refractivity contribution in [2.75, 3.05) is 11.9 Å². The van der Waals surface area contributed by atoms with E-state index in [4.69, 9.17) is 5.11 Å². The molecule has 0 heterocycles. The highest BCUT2D eigenvalue weighted by atomic mass is 16.4. The smallest absolute Gasteiger partial charge is 0.337 e. The van der Waals surface area contributed by atoms with Gasteiger partial charge in [-0.3, -0.25) is 0 Å². The fraction of sp³-hybridized carbons (Fsp3) is 0.462. The summed E-state index contributed by atoms with van der Waals surface area (Å²) in [6.45, 7) is 8.95. The Bertz CT molecular complexity index is 391. The van der Waals surface area contributed by atoms with Gasteiger partial charge in [-0.15, -0.1) is 0 Å². The molecular weight excluding hydrogens is 202 g/mol. The van der Waals surface area contributed by atoms with Crippen molar-refractivity contribution in [3.05, 3.63) is 29.3 Å². The molecule has 0 aromatic heterocycles. The van der Waals surface area contributed by atoms with E-state index in [1.807, 2.05) is 19.1 Å². The molecule has 88 valence electrons. The summed E-state index contributed by atoms with van der Waals surface area (Å²) < 4.78 is 0. The third-order valence-corrected chi connectivity index (χ3v) is 2.21. The fourth-order valence-corrected chi connectivity index (χ4v) is 1.35. The van der Waals surface area contributed by atoms with Gasteiger partial charge in [0.15, 0.2) is 0 Å². The molecule has 0 fully saturated rings. The second kappa shape index (κ2) is 4.56. The summed E-state index contributed by atoms with van der Waals surface area (Å²) in [4.78, 5) is 11.1. The van der Waals surface area contributed by atoms with Gasteiger partial charge < -0.3 is 10.4 Å². The van der Waals surface area contributed by atoms with Crippen molar-refractivity contribution in [2.45, 2.75) is 27.7 Å². The lowest BCUT2D eigenvalue weighted by atomic mass is 9.96. The maximum absolute atomic E-state index is 11.1. The van der Waals surface area contributed by atoms with Gasteiger partial charge in [-0.05, 0) is 24.5 Å². The van der Waals surface area contributed by atoms with Crippen LogP contribution in [0.5, 0.6) is 0 Å². The van der Waals surface area contributed by atoms with Crippen LogP contribution in [0.3, 0.4) is 0 Å². The molecular formula is C13H19NO2. The highest BCUT2D eigenvalue weighted by molar-refractivity contribution is 5.94. The average molecular weight is 221 g/mol. The summed E-state index contributed by atoms with van der Waals surface area (Å²) in [6, 6.07) is 5.43. The van der Waals surface area contributed by atoms with E-state index in [1.165, 1.54) is 0 Å². The zero-order valence-electron chi connectivity index (χ0n) is 10.3. The second-order valence-corrected chi connectivity index (χ2v) is 5.27. The number of benzene rings is 1. The number of anilines is 1. The molecule has 0 aliphatic heterocycles. The number of hydrogen-bond donors (Lipinski definition) is 2. The summed E-state index contributed by atoms with van der Waals surface area (Å²) in [5.74, 6) is -0.889. The van der Waals surface area contributed by atoms with Crippen molar-refractivity contribution < 1.29 is 9.90 Å². The summed E-state index contributed by atoms with van der Waals surface area (Å²) in [5, 5.41) is 12.3. The molecule has 3 nitrogen and oxygen atoms in total. The Morgan fingerprint density at radius 3 is 2.50 bits per heavy atom. The Labute approximate surface area is 96.5 Å². The summed E-state index contributed by atoms with van der Waals surface area (Å²) in [6.07, 6.45) is 0. The number of carbonyl (C=O) groups is 1.